The molecule has 0 aromatic carbocycles. The van der Waals surface area contributed by atoms with E-state index in [0.29, 0.717) is 32.1 Å². The molecule has 0 aliphatic heterocycles. The standard InChI is InChI=1S/C13H24N2O4/c1-4-7-15(9-12(16)17)13(18)14-6-5-8-19-10-11(2)3/h4,11H,1,5-10H2,2-3H3,(H,14,18)(H,16,17). The number of carbonyl (C=O) groups is 2. The Kier molecular flexibility index (Phi) is 9.52. The lowest BCUT2D eigenvalue weighted by atomic mass is 10.2. The molecule has 0 saturated carbocycles. The fourth-order valence-corrected chi connectivity index (χ4v) is 1.34. The lowest BCUT2D eigenvalue weighted by Gasteiger charge is -2.19. The van der Waals surface area contributed by atoms with Crippen molar-refractivity contribution in [2.24, 2.45) is 5.92 Å². The zero-order valence-electron chi connectivity index (χ0n) is 11.7. The highest BCUT2D eigenvalue weighted by Gasteiger charge is 2.14. The van der Waals surface area contributed by atoms with E-state index in [9.17, 15) is 9.59 Å². The van der Waals surface area contributed by atoms with Crippen molar-refractivity contribution in [2.75, 3.05) is 32.8 Å². The van der Waals surface area contributed by atoms with E-state index in [-0.39, 0.29) is 13.1 Å². The van der Waals surface area contributed by atoms with Crippen LogP contribution in [0.5, 0.6) is 0 Å². The Morgan fingerprint density at radius 2 is 2.16 bits per heavy atom. The average molecular weight is 272 g/mol. The Morgan fingerprint density at radius 1 is 1.47 bits per heavy atom. The number of nitrogens with zero attached hydrogens (tertiary/aromatic N) is 1. The fraction of sp³-hybridized carbons (Fsp3) is 0.692. The first-order valence-electron chi connectivity index (χ1n) is 6.40. The van der Waals surface area contributed by atoms with Gasteiger partial charge < -0.3 is 20.1 Å². The van der Waals surface area contributed by atoms with E-state index in [1.165, 1.54) is 11.0 Å². The van der Waals surface area contributed by atoms with E-state index in [2.05, 4.69) is 25.7 Å². The number of nitrogens with one attached hydrogen (secondary N) is 1. The lowest BCUT2D eigenvalue weighted by molar-refractivity contribution is -0.137. The second-order valence-electron chi connectivity index (χ2n) is 4.62. The van der Waals surface area contributed by atoms with Crippen molar-refractivity contribution < 1.29 is 19.4 Å². The van der Waals surface area contributed by atoms with Crippen LogP contribution in [0.15, 0.2) is 12.7 Å². The summed E-state index contributed by atoms with van der Waals surface area (Å²) >= 11 is 0. The van der Waals surface area contributed by atoms with E-state index in [1.807, 2.05) is 0 Å². The number of rotatable bonds is 10. The molecule has 0 heterocycles. The summed E-state index contributed by atoms with van der Waals surface area (Å²) in [4.78, 5) is 23.4. The van der Waals surface area contributed by atoms with Crippen LogP contribution < -0.4 is 5.32 Å². The number of carbonyl (C=O) groups excluding carboxylic acids is 1. The van der Waals surface area contributed by atoms with Gasteiger partial charge in [-0.25, -0.2) is 4.79 Å². The number of ether oxygens (including phenoxy) is 1. The van der Waals surface area contributed by atoms with Crippen molar-refractivity contribution in [1.29, 1.82) is 0 Å². The van der Waals surface area contributed by atoms with Crippen LogP contribution in [0.25, 0.3) is 0 Å². The molecule has 6 heteroatoms. The van der Waals surface area contributed by atoms with Crippen LogP contribution in [0.2, 0.25) is 0 Å². The average Bonchev–Trinajstić information content (AvgIpc) is 2.31. The van der Waals surface area contributed by atoms with Gasteiger partial charge in [0.15, 0.2) is 0 Å². The first-order chi connectivity index (χ1) is 8.97. The van der Waals surface area contributed by atoms with E-state index in [4.69, 9.17) is 9.84 Å². The fourth-order valence-electron chi connectivity index (χ4n) is 1.34. The predicted molar refractivity (Wildman–Crippen MR) is 73.1 cm³/mol. The molecular formula is C13H24N2O4. The highest BCUT2D eigenvalue weighted by molar-refractivity contribution is 5.80. The minimum Gasteiger partial charge on any atom is -0.480 e. The molecule has 0 atom stereocenters. The molecule has 0 radical (unpaired) electrons. The third kappa shape index (κ3) is 10.1. The molecule has 0 saturated heterocycles. The molecule has 0 rings (SSSR count). The van der Waals surface area contributed by atoms with Crippen LogP contribution in [0.4, 0.5) is 4.79 Å². The SMILES string of the molecule is C=CCN(CC(=O)O)C(=O)NCCCOCC(C)C. The van der Waals surface area contributed by atoms with E-state index in [1.54, 1.807) is 0 Å². The number of amides is 2. The highest BCUT2D eigenvalue weighted by atomic mass is 16.5. The molecule has 0 fully saturated rings. The van der Waals surface area contributed by atoms with Crippen molar-refractivity contribution in [3.8, 4) is 0 Å². The van der Waals surface area contributed by atoms with Gasteiger partial charge in [-0.05, 0) is 12.3 Å². The van der Waals surface area contributed by atoms with Crippen LogP contribution >= 0.6 is 0 Å². The molecule has 19 heavy (non-hydrogen) atoms. The number of carboxylic acids is 1. The minimum atomic E-state index is -1.04. The van der Waals surface area contributed by atoms with Gasteiger partial charge in [0.05, 0.1) is 0 Å². The van der Waals surface area contributed by atoms with Crippen LogP contribution in [-0.4, -0.2) is 54.9 Å². The van der Waals surface area contributed by atoms with Gasteiger partial charge in [0.2, 0.25) is 0 Å². The number of hydrogen-bond donors (Lipinski definition) is 2. The largest absolute Gasteiger partial charge is 0.480 e. The molecule has 6 nitrogen and oxygen atoms in total. The molecule has 0 aromatic rings. The molecule has 0 aromatic heterocycles. The molecule has 2 N–H and O–H groups in total. The maximum absolute atomic E-state index is 11.7. The Bertz CT molecular complexity index is 292. The molecule has 0 aliphatic rings. The third-order valence-electron chi connectivity index (χ3n) is 2.16. The van der Waals surface area contributed by atoms with Crippen molar-refractivity contribution in [1.82, 2.24) is 10.2 Å². The lowest BCUT2D eigenvalue weighted by Crippen LogP contribution is -2.43. The third-order valence-corrected chi connectivity index (χ3v) is 2.16. The normalized spacial score (nSPS) is 10.3. The molecule has 0 bridgehead atoms. The zero-order chi connectivity index (χ0) is 14.7. The Hall–Kier alpha value is -1.56. The zero-order valence-corrected chi connectivity index (χ0v) is 11.7. The van der Waals surface area contributed by atoms with Crippen LogP contribution in [0.1, 0.15) is 20.3 Å². The van der Waals surface area contributed by atoms with Gasteiger partial charge in [-0.2, -0.15) is 0 Å². The van der Waals surface area contributed by atoms with E-state index < -0.39 is 12.0 Å². The summed E-state index contributed by atoms with van der Waals surface area (Å²) < 4.78 is 5.37. The first kappa shape index (κ1) is 17.4. The van der Waals surface area contributed by atoms with Gasteiger partial charge in [-0.1, -0.05) is 19.9 Å². The monoisotopic (exact) mass is 272 g/mol. The molecule has 0 aliphatic carbocycles. The summed E-state index contributed by atoms with van der Waals surface area (Å²) in [6.07, 6.45) is 2.20. The molecular weight excluding hydrogens is 248 g/mol. The van der Waals surface area contributed by atoms with Crippen molar-refractivity contribution in [2.45, 2.75) is 20.3 Å². The maximum Gasteiger partial charge on any atom is 0.323 e. The van der Waals surface area contributed by atoms with Crippen molar-refractivity contribution in [3.05, 3.63) is 12.7 Å². The molecule has 110 valence electrons. The smallest absolute Gasteiger partial charge is 0.323 e. The Labute approximate surface area is 114 Å². The van der Waals surface area contributed by atoms with Gasteiger partial charge in [0, 0.05) is 26.3 Å². The summed E-state index contributed by atoms with van der Waals surface area (Å²) in [5, 5.41) is 11.3. The summed E-state index contributed by atoms with van der Waals surface area (Å²) in [7, 11) is 0. The van der Waals surface area contributed by atoms with Crippen LogP contribution in [0, 0.1) is 5.92 Å². The van der Waals surface area contributed by atoms with Crippen molar-refractivity contribution >= 4 is 12.0 Å². The minimum absolute atomic E-state index is 0.210. The maximum atomic E-state index is 11.7. The summed E-state index contributed by atoms with van der Waals surface area (Å²) in [5.41, 5.74) is 0. The molecule has 0 spiro atoms. The predicted octanol–water partition coefficient (Wildman–Crippen LogP) is 1.33. The van der Waals surface area contributed by atoms with E-state index in [0.717, 1.165) is 0 Å². The van der Waals surface area contributed by atoms with Crippen LogP contribution in [0.3, 0.4) is 0 Å². The van der Waals surface area contributed by atoms with Gasteiger partial charge in [-0.15, -0.1) is 6.58 Å². The second-order valence-corrected chi connectivity index (χ2v) is 4.62. The van der Waals surface area contributed by atoms with E-state index >= 15 is 0 Å². The Morgan fingerprint density at radius 3 is 2.68 bits per heavy atom. The number of carboxylic acid groups (broad SMARTS) is 1. The molecule has 2 amide bonds. The topological polar surface area (TPSA) is 78.9 Å². The van der Waals surface area contributed by atoms with Gasteiger partial charge >= 0.3 is 12.0 Å². The Balaban J connectivity index is 3.80. The first-order valence-corrected chi connectivity index (χ1v) is 6.40. The van der Waals surface area contributed by atoms with Gasteiger partial charge in [0.1, 0.15) is 6.54 Å². The number of urea groups is 1. The summed E-state index contributed by atoms with van der Waals surface area (Å²) in [6.45, 7) is 9.26. The van der Waals surface area contributed by atoms with Gasteiger partial charge in [0.25, 0.3) is 0 Å². The highest BCUT2D eigenvalue weighted by Crippen LogP contribution is 1.94. The second kappa shape index (κ2) is 10.4. The number of aliphatic carboxylic acids is 1. The van der Waals surface area contributed by atoms with Crippen molar-refractivity contribution in [3.63, 3.8) is 0 Å². The van der Waals surface area contributed by atoms with Crippen LogP contribution in [-0.2, 0) is 9.53 Å². The van der Waals surface area contributed by atoms with Gasteiger partial charge in [-0.3, -0.25) is 4.79 Å². The number of hydrogen-bond acceptors (Lipinski definition) is 3. The summed E-state index contributed by atoms with van der Waals surface area (Å²) in [6, 6.07) is -0.397. The summed E-state index contributed by atoms with van der Waals surface area (Å²) in [5.74, 6) is -0.550. The quantitative estimate of drug-likeness (QED) is 0.464. The molecule has 0 unspecified atom stereocenters.